The highest BCUT2D eigenvalue weighted by Gasteiger charge is 1.98. The van der Waals surface area contributed by atoms with Gasteiger partial charge in [0.2, 0.25) is 0 Å². The third-order valence-corrected chi connectivity index (χ3v) is 3.25. The minimum atomic E-state index is -0.740. The molecule has 0 rings (SSSR count). The first kappa shape index (κ1) is 28.0. The Bertz CT molecular complexity index is 294. The van der Waals surface area contributed by atoms with Crippen LogP contribution in [0.25, 0.3) is 0 Å². The van der Waals surface area contributed by atoms with Gasteiger partial charge in [-0.2, -0.15) is 0 Å². The molecule has 0 aliphatic heterocycles. The average molecular weight is 396 g/mol. The molecule has 0 aromatic carbocycles. The molecule has 0 spiro atoms. The van der Waals surface area contributed by atoms with Gasteiger partial charge in [-0.05, 0) is 12.8 Å². The fourth-order valence-electron chi connectivity index (χ4n) is 1.93. The summed E-state index contributed by atoms with van der Waals surface area (Å²) in [6.07, 6.45) is 5.82. The van der Waals surface area contributed by atoms with E-state index < -0.39 is 11.9 Å². The zero-order valence-corrected chi connectivity index (χ0v) is 16.1. The second kappa shape index (κ2) is 24.7. The van der Waals surface area contributed by atoms with Gasteiger partial charge in [-0.1, -0.05) is 25.7 Å². The van der Waals surface area contributed by atoms with Crippen molar-refractivity contribution in [2.45, 2.75) is 51.4 Å². The van der Waals surface area contributed by atoms with Crippen LogP contribution >= 0.6 is 0 Å². The molecular formula is C18H36O9. The number of hydrogen-bond acceptors (Lipinski definition) is 7. The zero-order valence-electron chi connectivity index (χ0n) is 16.1. The van der Waals surface area contributed by atoms with E-state index in [2.05, 4.69) is 0 Å². The highest BCUT2D eigenvalue weighted by atomic mass is 16.5. The molecule has 27 heavy (non-hydrogen) atoms. The SMILES string of the molecule is O=C(O)CCCCCCCCC(=O)O.OCCOCCOCCOCCO. The van der Waals surface area contributed by atoms with E-state index in [0.717, 1.165) is 38.5 Å². The van der Waals surface area contributed by atoms with Crippen LogP contribution in [-0.2, 0) is 23.8 Å². The molecule has 0 amide bonds. The summed E-state index contributed by atoms with van der Waals surface area (Å²) in [6.45, 7) is 2.76. The summed E-state index contributed by atoms with van der Waals surface area (Å²) >= 11 is 0. The smallest absolute Gasteiger partial charge is 0.303 e. The molecule has 9 nitrogen and oxygen atoms in total. The van der Waals surface area contributed by atoms with Crippen LogP contribution < -0.4 is 0 Å². The predicted octanol–water partition coefficient (Wildman–Crippen LogP) is 1.30. The standard InChI is InChI=1S/C10H18O4.C8H18O5/c11-9(12)7-5-3-1-2-4-6-8-10(13)14;9-1-3-11-5-7-13-8-6-12-4-2-10/h1-8H2,(H,11,12)(H,13,14);9-10H,1-8H2. The average Bonchev–Trinajstić information content (AvgIpc) is 2.62. The topological polar surface area (TPSA) is 143 Å². The first-order valence-corrected chi connectivity index (χ1v) is 9.43. The Balaban J connectivity index is 0. The van der Waals surface area contributed by atoms with Gasteiger partial charge in [0.15, 0.2) is 0 Å². The Morgan fingerprint density at radius 2 is 0.815 bits per heavy atom. The van der Waals surface area contributed by atoms with E-state index in [-0.39, 0.29) is 26.1 Å². The van der Waals surface area contributed by atoms with Crippen molar-refractivity contribution in [1.29, 1.82) is 0 Å². The summed E-state index contributed by atoms with van der Waals surface area (Å²) in [4.78, 5) is 20.3. The largest absolute Gasteiger partial charge is 0.481 e. The quantitative estimate of drug-likeness (QED) is 0.237. The molecule has 0 saturated carbocycles. The number of ether oxygens (including phenoxy) is 3. The van der Waals surface area contributed by atoms with Crippen LogP contribution in [0.2, 0.25) is 0 Å². The molecule has 4 N–H and O–H groups in total. The van der Waals surface area contributed by atoms with Crippen molar-refractivity contribution in [1.82, 2.24) is 0 Å². The van der Waals surface area contributed by atoms with Crippen LogP contribution in [0.5, 0.6) is 0 Å². The van der Waals surface area contributed by atoms with Crippen LogP contribution in [-0.4, -0.2) is 85.2 Å². The minimum Gasteiger partial charge on any atom is -0.481 e. The van der Waals surface area contributed by atoms with Gasteiger partial charge < -0.3 is 34.6 Å². The number of carboxylic acids is 2. The van der Waals surface area contributed by atoms with Crippen molar-refractivity contribution in [3.05, 3.63) is 0 Å². The molecular weight excluding hydrogens is 360 g/mol. The van der Waals surface area contributed by atoms with Gasteiger partial charge in [-0.3, -0.25) is 9.59 Å². The summed E-state index contributed by atoms with van der Waals surface area (Å²) < 4.78 is 15.0. The maximum atomic E-state index is 10.1. The number of hydrogen-bond donors (Lipinski definition) is 4. The molecule has 0 saturated heterocycles. The van der Waals surface area contributed by atoms with Crippen molar-refractivity contribution in [2.24, 2.45) is 0 Å². The zero-order chi connectivity index (χ0) is 20.6. The molecule has 9 heteroatoms. The van der Waals surface area contributed by atoms with Gasteiger partial charge in [0, 0.05) is 12.8 Å². The number of rotatable bonds is 19. The van der Waals surface area contributed by atoms with Gasteiger partial charge in [-0.15, -0.1) is 0 Å². The van der Waals surface area contributed by atoms with Crippen molar-refractivity contribution >= 4 is 11.9 Å². The maximum Gasteiger partial charge on any atom is 0.303 e. The first-order chi connectivity index (χ1) is 13.0. The molecule has 0 bridgehead atoms. The fourth-order valence-corrected chi connectivity index (χ4v) is 1.93. The third kappa shape index (κ3) is 32.8. The molecule has 0 aromatic rings. The summed E-state index contributed by atoms with van der Waals surface area (Å²) in [7, 11) is 0. The predicted molar refractivity (Wildman–Crippen MR) is 98.8 cm³/mol. The number of aliphatic hydroxyl groups excluding tert-OH is 2. The van der Waals surface area contributed by atoms with Crippen LogP contribution in [0.4, 0.5) is 0 Å². The normalized spacial score (nSPS) is 10.3. The summed E-state index contributed by atoms with van der Waals surface area (Å²) in [6, 6.07) is 0. The Morgan fingerprint density at radius 1 is 0.519 bits per heavy atom. The number of unbranched alkanes of at least 4 members (excludes halogenated alkanes) is 5. The van der Waals surface area contributed by atoms with Crippen LogP contribution in [0.15, 0.2) is 0 Å². The number of aliphatic hydroxyl groups is 2. The lowest BCUT2D eigenvalue weighted by atomic mass is 10.1. The summed E-state index contributed by atoms with van der Waals surface area (Å²) in [5.74, 6) is -1.48. The number of carbonyl (C=O) groups is 2. The van der Waals surface area contributed by atoms with Gasteiger partial charge in [0.25, 0.3) is 0 Å². The fraction of sp³-hybridized carbons (Fsp3) is 0.889. The molecule has 0 aliphatic carbocycles. The molecule has 0 fully saturated rings. The monoisotopic (exact) mass is 396 g/mol. The van der Waals surface area contributed by atoms with E-state index in [4.69, 9.17) is 34.6 Å². The molecule has 0 radical (unpaired) electrons. The van der Waals surface area contributed by atoms with Gasteiger partial charge in [-0.25, -0.2) is 0 Å². The molecule has 0 aliphatic rings. The number of carboxylic acid groups (broad SMARTS) is 2. The Hall–Kier alpha value is -1.26. The van der Waals surface area contributed by atoms with Gasteiger partial charge in [0.1, 0.15) is 0 Å². The lowest BCUT2D eigenvalue weighted by Gasteiger charge is -2.04. The maximum absolute atomic E-state index is 10.1. The Labute approximate surface area is 161 Å². The van der Waals surface area contributed by atoms with E-state index in [9.17, 15) is 9.59 Å². The molecule has 0 atom stereocenters. The first-order valence-electron chi connectivity index (χ1n) is 9.43. The van der Waals surface area contributed by atoms with E-state index in [1.165, 1.54) is 0 Å². The van der Waals surface area contributed by atoms with Gasteiger partial charge >= 0.3 is 11.9 Å². The van der Waals surface area contributed by atoms with E-state index in [1.807, 2.05) is 0 Å². The highest BCUT2D eigenvalue weighted by Crippen LogP contribution is 2.08. The Kier molecular flexibility index (Phi) is 25.6. The van der Waals surface area contributed by atoms with Crippen LogP contribution in [0.1, 0.15) is 51.4 Å². The van der Waals surface area contributed by atoms with Crippen molar-refractivity contribution in [3.8, 4) is 0 Å². The van der Waals surface area contributed by atoms with E-state index in [1.54, 1.807) is 0 Å². The van der Waals surface area contributed by atoms with Crippen molar-refractivity contribution < 1.29 is 44.2 Å². The molecule has 0 heterocycles. The number of aliphatic carboxylic acids is 2. The lowest BCUT2D eigenvalue weighted by Crippen LogP contribution is -2.11. The minimum absolute atomic E-state index is 0.0413. The van der Waals surface area contributed by atoms with E-state index in [0.29, 0.717) is 39.6 Å². The summed E-state index contributed by atoms with van der Waals surface area (Å²) in [5, 5.41) is 33.4. The lowest BCUT2D eigenvalue weighted by molar-refractivity contribution is -0.138. The van der Waals surface area contributed by atoms with Crippen molar-refractivity contribution in [2.75, 3.05) is 52.9 Å². The highest BCUT2D eigenvalue weighted by molar-refractivity contribution is 5.66. The van der Waals surface area contributed by atoms with Crippen LogP contribution in [0, 0.1) is 0 Å². The Morgan fingerprint density at radius 3 is 1.11 bits per heavy atom. The second-order valence-electron chi connectivity index (χ2n) is 5.69. The van der Waals surface area contributed by atoms with Crippen molar-refractivity contribution in [3.63, 3.8) is 0 Å². The van der Waals surface area contributed by atoms with Crippen LogP contribution in [0.3, 0.4) is 0 Å². The third-order valence-electron chi connectivity index (χ3n) is 3.25. The van der Waals surface area contributed by atoms with E-state index >= 15 is 0 Å². The molecule has 162 valence electrons. The summed E-state index contributed by atoms with van der Waals surface area (Å²) in [5.41, 5.74) is 0. The molecule has 0 aromatic heterocycles. The molecule has 0 unspecified atom stereocenters. The second-order valence-corrected chi connectivity index (χ2v) is 5.69. The van der Waals surface area contributed by atoms with Gasteiger partial charge in [0.05, 0.1) is 52.9 Å².